The molecule has 9 nitrogen and oxygen atoms in total. The van der Waals surface area contributed by atoms with Crippen LogP contribution in [0, 0.1) is 11.3 Å². The molecule has 0 spiro atoms. The number of carbonyl (C=O) groups excluding carboxylic acids is 1. The summed E-state index contributed by atoms with van der Waals surface area (Å²) in [6.07, 6.45) is -3.45. The molecular formula is C21H21F4N7O2. The predicted octanol–water partition coefficient (Wildman–Crippen LogP) is 2.87. The van der Waals surface area contributed by atoms with Crippen molar-refractivity contribution in [3.05, 3.63) is 41.9 Å². The molecule has 0 saturated heterocycles. The topological polar surface area (TPSA) is 128 Å². The van der Waals surface area contributed by atoms with Crippen molar-refractivity contribution in [3.8, 4) is 17.5 Å². The van der Waals surface area contributed by atoms with E-state index >= 15 is 0 Å². The second-order valence-electron chi connectivity index (χ2n) is 8.01. The number of aliphatic hydroxyl groups is 1. The SMILES string of the molecule is CC(C)(O)[C@H](F)CNC(=O)c1cnc(-c2cnc3cc(C#N)cnn23)cc1NCCC(F)(F)F. The molecule has 0 saturated carbocycles. The second kappa shape index (κ2) is 9.60. The highest BCUT2D eigenvalue weighted by atomic mass is 19.4. The molecule has 13 heteroatoms. The largest absolute Gasteiger partial charge is 0.390 e. The summed E-state index contributed by atoms with van der Waals surface area (Å²) in [6.45, 7) is 1.46. The third-order valence-corrected chi connectivity index (χ3v) is 4.83. The smallest absolute Gasteiger partial charge is 0.387 e. The molecule has 0 unspecified atom stereocenters. The van der Waals surface area contributed by atoms with Gasteiger partial charge >= 0.3 is 6.18 Å². The van der Waals surface area contributed by atoms with Crippen molar-refractivity contribution in [3.63, 3.8) is 0 Å². The quantitative estimate of drug-likeness (QED) is 0.424. The maximum absolute atomic E-state index is 14.0. The van der Waals surface area contributed by atoms with Gasteiger partial charge in [-0.2, -0.15) is 23.5 Å². The van der Waals surface area contributed by atoms with Gasteiger partial charge in [-0.1, -0.05) is 0 Å². The summed E-state index contributed by atoms with van der Waals surface area (Å²) in [7, 11) is 0. The summed E-state index contributed by atoms with van der Waals surface area (Å²) < 4.78 is 53.3. The fraction of sp³-hybridized carbons (Fsp3) is 0.381. The summed E-state index contributed by atoms with van der Waals surface area (Å²) in [5, 5.41) is 27.7. The number of fused-ring (bicyclic) bond motifs is 1. The first-order chi connectivity index (χ1) is 15.9. The average molecular weight is 479 g/mol. The minimum atomic E-state index is -4.41. The first-order valence-corrected chi connectivity index (χ1v) is 10.1. The Balaban J connectivity index is 1.92. The van der Waals surface area contributed by atoms with Crippen LogP contribution in [0.2, 0.25) is 0 Å². The van der Waals surface area contributed by atoms with Crippen molar-refractivity contribution in [1.29, 1.82) is 5.26 Å². The number of nitrogens with one attached hydrogen (secondary N) is 2. The molecule has 180 valence electrons. The Kier molecular flexibility index (Phi) is 7.01. The molecule has 0 aliphatic carbocycles. The zero-order chi connectivity index (χ0) is 25.1. The number of nitrogens with zero attached hydrogens (tertiary/aromatic N) is 5. The van der Waals surface area contributed by atoms with E-state index in [1.165, 1.54) is 42.9 Å². The van der Waals surface area contributed by atoms with E-state index in [-0.39, 0.29) is 22.5 Å². The molecule has 0 fully saturated rings. The molecule has 1 atom stereocenters. The van der Waals surface area contributed by atoms with E-state index in [2.05, 4.69) is 25.7 Å². The first-order valence-electron chi connectivity index (χ1n) is 10.1. The maximum Gasteiger partial charge on any atom is 0.390 e. The van der Waals surface area contributed by atoms with Crippen LogP contribution in [0.25, 0.3) is 17.0 Å². The number of halogens is 4. The Morgan fingerprint density at radius 2 is 1.97 bits per heavy atom. The lowest BCUT2D eigenvalue weighted by Gasteiger charge is -2.22. The lowest BCUT2D eigenvalue weighted by Crippen LogP contribution is -2.42. The highest BCUT2D eigenvalue weighted by Crippen LogP contribution is 2.26. The lowest BCUT2D eigenvalue weighted by atomic mass is 10.0. The van der Waals surface area contributed by atoms with Crippen LogP contribution < -0.4 is 10.6 Å². The summed E-state index contributed by atoms with van der Waals surface area (Å²) in [5.74, 6) is -0.782. The third-order valence-electron chi connectivity index (χ3n) is 4.83. The van der Waals surface area contributed by atoms with Gasteiger partial charge in [0, 0.05) is 18.8 Å². The zero-order valence-electron chi connectivity index (χ0n) is 18.2. The number of amides is 1. The van der Waals surface area contributed by atoms with Crippen LogP contribution in [0.3, 0.4) is 0 Å². The summed E-state index contributed by atoms with van der Waals surface area (Å²) in [5.41, 5.74) is -0.505. The highest BCUT2D eigenvalue weighted by Gasteiger charge is 2.28. The first kappa shape index (κ1) is 24.8. The minimum absolute atomic E-state index is 0.0361. The average Bonchev–Trinajstić information content (AvgIpc) is 3.18. The fourth-order valence-corrected chi connectivity index (χ4v) is 2.90. The van der Waals surface area contributed by atoms with Crippen LogP contribution >= 0.6 is 0 Å². The van der Waals surface area contributed by atoms with E-state index in [1.54, 1.807) is 0 Å². The van der Waals surface area contributed by atoms with Crippen LogP contribution in [0.4, 0.5) is 23.2 Å². The zero-order valence-corrected chi connectivity index (χ0v) is 18.2. The molecule has 3 rings (SSSR count). The standard InChI is InChI=1S/C21H21F4N7O2/c1-20(2,34)17(22)11-30-19(33)13-9-28-15(6-14(13)27-4-3-21(23,24)25)16-10-29-18-5-12(7-26)8-31-32(16)18/h5-6,8-10,17,34H,3-4,11H2,1-2H3,(H,27,28)(H,30,33)/t17-/m1/s1. The predicted molar refractivity (Wildman–Crippen MR) is 114 cm³/mol. The summed E-state index contributed by atoms with van der Waals surface area (Å²) in [6, 6.07) is 4.80. The Morgan fingerprint density at radius 1 is 1.24 bits per heavy atom. The van der Waals surface area contributed by atoms with E-state index in [4.69, 9.17) is 5.26 Å². The maximum atomic E-state index is 14.0. The molecule has 3 heterocycles. The minimum Gasteiger partial charge on any atom is -0.387 e. The lowest BCUT2D eigenvalue weighted by molar-refractivity contribution is -0.131. The molecule has 3 N–H and O–H groups in total. The Hall–Kier alpha value is -3.79. The van der Waals surface area contributed by atoms with Gasteiger partial charge in [0.1, 0.15) is 17.9 Å². The van der Waals surface area contributed by atoms with Gasteiger partial charge in [-0.15, -0.1) is 0 Å². The van der Waals surface area contributed by atoms with E-state index in [1.807, 2.05) is 6.07 Å². The number of pyridine rings is 1. The van der Waals surface area contributed by atoms with Crippen LogP contribution in [0.5, 0.6) is 0 Å². The van der Waals surface area contributed by atoms with E-state index in [9.17, 15) is 27.5 Å². The Labute approximate surface area is 191 Å². The van der Waals surface area contributed by atoms with Crippen molar-refractivity contribution in [2.75, 3.05) is 18.4 Å². The fourth-order valence-electron chi connectivity index (χ4n) is 2.90. The Morgan fingerprint density at radius 3 is 2.62 bits per heavy atom. The van der Waals surface area contributed by atoms with Crippen molar-refractivity contribution in [2.24, 2.45) is 0 Å². The van der Waals surface area contributed by atoms with E-state index < -0.39 is 43.4 Å². The van der Waals surface area contributed by atoms with Gasteiger partial charge in [-0.3, -0.25) is 9.78 Å². The summed E-state index contributed by atoms with van der Waals surface area (Å²) in [4.78, 5) is 21.0. The Bertz CT molecular complexity index is 1230. The molecule has 0 aliphatic rings. The van der Waals surface area contributed by atoms with Gasteiger partial charge in [-0.05, 0) is 19.9 Å². The van der Waals surface area contributed by atoms with Crippen molar-refractivity contribution < 1.29 is 27.5 Å². The number of carbonyl (C=O) groups is 1. The molecule has 3 aromatic heterocycles. The molecule has 0 bridgehead atoms. The number of imidazole rings is 1. The van der Waals surface area contributed by atoms with Crippen LogP contribution in [-0.2, 0) is 0 Å². The van der Waals surface area contributed by atoms with Crippen LogP contribution in [0.1, 0.15) is 36.2 Å². The van der Waals surface area contributed by atoms with Gasteiger partial charge in [0.2, 0.25) is 0 Å². The van der Waals surface area contributed by atoms with Crippen LogP contribution in [0.15, 0.2) is 30.7 Å². The molecule has 0 radical (unpaired) electrons. The molecule has 0 aliphatic heterocycles. The van der Waals surface area contributed by atoms with Gasteiger partial charge < -0.3 is 15.7 Å². The van der Waals surface area contributed by atoms with Crippen molar-refractivity contribution in [1.82, 2.24) is 24.9 Å². The molecule has 1 amide bonds. The van der Waals surface area contributed by atoms with Gasteiger partial charge in [-0.25, -0.2) is 13.9 Å². The number of hydrogen-bond acceptors (Lipinski definition) is 7. The third kappa shape index (κ3) is 5.96. The molecule has 3 aromatic rings. The van der Waals surface area contributed by atoms with Gasteiger partial charge in [0.25, 0.3) is 5.91 Å². The normalized spacial score (nSPS) is 12.9. The van der Waals surface area contributed by atoms with Gasteiger partial charge in [0.15, 0.2) is 5.65 Å². The van der Waals surface area contributed by atoms with E-state index in [0.29, 0.717) is 11.3 Å². The number of rotatable bonds is 8. The number of anilines is 1. The number of hydrogen-bond donors (Lipinski definition) is 3. The number of alkyl halides is 4. The summed E-state index contributed by atoms with van der Waals surface area (Å²) >= 11 is 0. The van der Waals surface area contributed by atoms with Crippen LogP contribution in [-0.4, -0.2) is 61.6 Å². The van der Waals surface area contributed by atoms with Gasteiger partial charge in [0.05, 0.1) is 53.5 Å². The van der Waals surface area contributed by atoms with Crippen molar-refractivity contribution in [2.45, 2.75) is 38.2 Å². The van der Waals surface area contributed by atoms with Crippen molar-refractivity contribution >= 4 is 17.2 Å². The molecule has 34 heavy (non-hydrogen) atoms. The number of aromatic nitrogens is 4. The molecule has 0 aromatic carbocycles. The monoisotopic (exact) mass is 479 g/mol. The highest BCUT2D eigenvalue weighted by molar-refractivity contribution is 5.99. The second-order valence-corrected chi connectivity index (χ2v) is 8.01. The van der Waals surface area contributed by atoms with E-state index in [0.717, 1.165) is 6.20 Å². The molecular weight excluding hydrogens is 458 g/mol. The number of nitriles is 1.